The topological polar surface area (TPSA) is 78.9 Å². The lowest BCUT2D eigenvalue weighted by atomic mass is 10.1. The number of aliphatic carboxylic acids is 1. The molecule has 0 radical (unpaired) electrons. The Morgan fingerprint density at radius 2 is 2.10 bits per heavy atom. The van der Waals surface area contributed by atoms with Crippen LogP contribution in [-0.4, -0.2) is 58.4 Å². The van der Waals surface area contributed by atoms with Crippen LogP contribution in [0.15, 0.2) is 0 Å². The summed E-state index contributed by atoms with van der Waals surface area (Å²) >= 11 is 1.52. The molecule has 1 rings (SSSR count). The number of ether oxygens (including phenoxy) is 1. The van der Waals surface area contributed by atoms with Crippen molar-refractivity contribution < 1.29 is 19.4 Å². The average molecular weight is 304 g/mol. The Morgan fingerprint density at radius 1 is 1.50 bits per heavy atom. The van der Waals surface area contributed by atoms with E-state index >= 15 is 0 Å². The number of nitrogens with one attached hydrogen (secondary N) is 1. The molecule has 1 heterocycles. The number of carbonyl (C=O) groups excluding carboxylic acids is 1. The van der Waals surface area contributed by atoms with Crippen molar-refractivity contribution in [1.82, 2.24) is 10.2 Å². The predicted octanol–water partition coefficient (Wildman–Crippen LogP) is 1.61. The predicted molar refractivity (Wildman–Crippen MR) is 78.8 cm³/mol. The molecule has 1 saturated heterocycles. The summed E-state index contributed by atoms with van der Waals surface area (Å²) in [6, 6.07) is -1.12. The van der Waals surface area contributed by atoms with Gasteiger partial charge in [0.1, 0.15) is 6.04 Å². The minimum absolute atomic E-state index is 0.116. The summed E-state index contributed by atoms with van der Waals surface area (Å²) < 4.78 is 5.06. The van der Waals surface area contributed by atoms with Crippen LogP contribution in [0.1, 0.15) is 27.7 Å². The smallest absolute Gasteiger partial charge is 0.327 e. The zero-order valence-corrected chi connectivity index (χ0v) is 13.5. The highest BCUT2D eigenvalue weighted by Gasteiger charge is 2.43. The molecule has 0 saturated carbocycles. The van der Waals surface area contributed by atoms with E-state index in [2.05, 4.69) is 5.32 Å². The second-order valence-electron chi connectivity index (χ2n) is 5.98. The molecule has 2 N–H and O–H groups in total. The highest BCUT2D eigenvalue weighted by Crippen LogP contribution is 2.34. The van der Waals surface area contributed by atoms with E-state index in [9.17, 15) is 14.7 Å². The molecule has 0 bridgehead atoms. The summed E-state index contributed by atoms with van der Waals surface area (Å²) in [5.41, 5.74) is -0.538. The van der Waals surface area contributed by atoms with Gasteiger partial charge in [-0.1, -0.05) is 13.8 Å². The number of rotatable bonds is 5. The lowest BCUT2D eigenvalue weighted by Crippen LogP contribution is -2.57. The molecule has 6 nitrogen and oxygen atoms in total. The number of carboxylic acid groups (broad SMARTS) is 1. The zero-order chi connectivity index (χ0) is 15.5. The van der Waals surface area contributed by atoms with Gasteiger partial charge in [0, 0.05) is 12.9 Å². The van der Waals surface area contributed by atoms with Crippen molar-refractivity contribution in [2.24, 2.45) is 5.92 Å². The fraction of sp³-hybridized carbons (Fsp3) is 0.846. The van der Waals surface area contributed by atoms with E-state index in [4.69, 9.17) is 4.74 Å². The monoisotopic (exact) mass is 304 g/mol. The number of amides is 2. The van der Waals surface area contributed by atoms with Crippen LogP contribution in [0, 0.1) is 5.92 Å². The largest absolute Gasteiger partial charge is 0.480 e. The Morgan fingerprint density at radius 3 is 2.55 bits per heavy atom. The fourth-order valence-corrected chi connectivity index (χ4v) is 3.71. The lowest BCUT2D eigenvalue weighted by Gasteiger charge is -2.34. The van der Waals surface area contributed by atoms with Gasteiger partial charge in [-0.25, -0.2) is 9.59 Å². The van der Waals surface area contributed by atoms with Crippen LogP contribution < -0.4 is 5.32 Å². The van der Waals surface area contributed by atoms with Crippen molar-refractivity contribution in [3.63, 3.8) is 0 Å². The third-order valence-electron chi connectivity index (χ3n) is 3.08. The van der Waals surface area contributed by atoms with Crippen molar-refractivity contribution in [3.8, 4) is 0 Å². The molecule has 1 aliphatic heterocycles. The van der Waals surface area contributed by atoms with Gasteiger partial charge in [0.25, 0.3) is 0 Å². The second-order valence-corrected chi connectivity index (χ2v) is 7.13. The Bertz CT molecular complexity index is 373. The average Bonchev–Trinajstić information content (AvgIpc) is 2.72. The van der Waals surface area contributed by atoms with Crippen molar-refractivity contribution in [1.29, 1.82) is 0 Å². The Labute approximate surface area is 124 Å². The van der Waals surface area contributed by atoms with E-state index < -0.39 is 17.6 Å². The number of nitrogens with zero attached hydrogens (tertiary/aromatic N) is 1. The molecule has 1 aliphatic rings. The Balaban J connectivity index is 2.87. The van der Waals surface area contributed by atoms with Crippen LogP contribution >= 0.6 is 11.8 Å². The molecule has 20 heavy (non-hydrogen) atoms. The molecule has 116 valence electrons. The molecule has 0 aromatic carbocycles. The van der Waals surface area contributed by atoms with E-state index in [1.54, 1.807) is 7.11 Å². The molecule has 2 amide bonds. The molecule has 7 heteroatoms. The van der Waals surface area contributed by atoms with Crippen LogP contribution in [0.5, 0.6) is 0 Å². The lowest BCUT2D eigenvalue weighted by molar-refractivity contribution is -0.141. The van der Waals surface area contributed by atoms with Gasteiger partial charge in [0.15, 0.2) is 0 Å². The molecule has 0 spiro atoms. The number of hydrogen-bond acceptors (Lipinski definition) is 4. The fourth-order valence-electron chi connectivity index (χ4n) is 2.24. The van der Waals surface area contributed by atoms with Crippen LogP contribution in [0.25, 0.3) is 0 Å². The van der Waals surface area contributed by atoms with Gasteiger partial charge < -0.3 is 15.2 Å². The Kier molecular flexibility index (Phi) is 5.70. The first-order chi connectivity index (χ1) is 9.19. The minimum Gasteiger partial charge on any atom is -0.480 e. The number of carboxylic acids is 1. The number of urea groups is 1. The highest BCUT2D eigenvalue weighted by atomic mass is 32.2. The molecule has 0 aromatic heterocycles. The number of thioether (sulfide) groups is 1. The van der Waals surface area contributed by atoms with Gasteiger partial charge in [-0.05, 0) is 19.8 Å². The summed E-state index contributed by atoms with van der Waals surface area (Å²) in [7, 11) is 1.57. The summed E-state index contributed by atoms with van der Waals surface area (Å²) in [5, 5.41) is 12.0. The van der Waals surface area contributed by atoms with Crippen LogP contribution in [0.4, 0.5) is 4.79 Å². The van der Waals surface area contributed by atoms with E-state index in [0.717, 1.165) is 0 Å². The van der Waals surface area contributed by atoms with Crippen molar-refractivity contribution in [2.45, 2.75) is 44.6 Å². The van der Waals surface area contributed by atoms with Gasteiger partial charge in [-0.2, -0.15) is 0 Å². The van der Waals surface area contributed by atoms with Gasteiger partial charge >= 0.3 is 12.0 Å². The third kappa shape index (κ3) is 4.02. The second kappa shape index (κ2) is 6.67. The van der Waals surface area contributed by atoms with Crippen molar-refractivity contribution in [3.05, 3.63) is 0 Å². The maximum absolute atomic E-state index is 12.4. The third-order valence-corrected chi connectivity index (χ3v) is 4.70. The first-order valence-electron chi connectivity index (χ1n) is 6.63. The normalized spacial score (nSPS) is 23.2. The molecule has 0 aliphatic carbocycles. The van der Waals surface area contributed by atoms with Crippen molar-refractivity contribution in [2.75, 3.05) is 19.5 Å². The van der Waals surface area contributed by atoms with E-state index in [-0.39, 0.29) is 17.3 Å². The molecular formula is C13H24N2O4S. The minimum atomic E-state index is -0.958. The molecule has 0 aromatic rings. The van der Waals surface area contributed by atoms with E-state index in [1.165, 1.54) is 16.7 Å². The van der Waals surface area contributed by atoms with Crippen LogP contribution in [0.2, 0.25) is 0 Å². The van der Waals surface area contributed by atoms with Gasteiger partial charge in [0.2, 0.25) is 0 Å². The maximum Gasteiger partial charge on any atom is 0.327 e. The van der Waals surface area contributed by atoms with Crippen LogP contribution in [0.3, 0.4) is 0 Å². The highest BCUT2D eigenvalue weighted by molar-refractivity contribution is 8.00. The first kappa shape index (κ1) is 17.1. The van der Waals surface area contributed by atoms with E-state index in [1.807, 2.05) is 27.7 Å². The molecule has 2 unspecified atom stereocenters. The molecular weight excluding hydrogens is 280 g/mol. The summed E-state index contributed by atoms with van der Waals surface area (Å²) in [5.74, 6) is -0.336. The van der Waals surface area contributed by atoms with Gasteiger partial charge in [-0.15, -0.1) is 11.8 Å². The summed E-state index contributed by atoms with van der Waals surface area (Å²) in [4.78, 5) is 25.2. The molecule has 1 fully saturated rings. The van der Waals surface area contributed by atoms with Gasteiger partial charge in [0.05, 0.1) is 17.5 Å². The standard InChI is InChI=1S/C13H24N2O4S/c1-8(2)10-15(9(6-20-10)11(16)17)12(18)14-13(3,4)7-19-5/h8-10H,6-7H2,1-5H3,(H,14,18)(H,16,17). The number of methoxy groups -OCH3 is 1. The molecule has 2 atom stereocenters. The van der Waals surface area contributed by atoms with Crippen LogP contribution in [-0.2, 0) is 9.53 Å². The zero-order valence-electron chi connectivity index (χ0n) is 12.7. The summed E-state index contributed by atoms with van der Waals surface area (Å²) in [6.45, 7) is 8.03. The summed E-state index contributed by atoms with van der Waals surface area (Å²) in [6.07, 6.45) is 0. The SMILES string of the molecule is COCC(C)(C)NC(=O)N1C(C(=O)O)CSC1C(C)C. The number of hydrogen-bond donors (Lipinski definition) is 2. The number of carbonyl (C=O) groups is 2. The quantitative estimate of drug-likeness (QED) is 0.806. The maximum atomic E-state index is 12.4. The van der Waals surface area contributed by atoms with E-state index in [0.29, 0.717) is 12.4 Å². The van der Waals surface area contributed by atoms with Crippen molar-refractivity contribution >= 4 is 23.8 Å². The first-order valence-corrected chi connectivity index (χ1v) is 7.68. The Hall–Kier alpha value is -0.950. The van der Waals surface area contributed by atoms with Gasteiger partial charge in [-0.3, -0.25) is 4.90 Å².